The highest BCUT2D eigenvalue weighted by atomic mass is 16.5. The van der Waals surface area contributed by atoms with Gasteiger partial charge in [0.2, 0.25) is 17.7 Å². The molecule has 3 amide bonds. The zero-order valence-electron chi connectivity index (χ0n) is 13.9. The lowest BCUT2D eigenvalue weighted by atomic mass is 10.1. The Morgan fingerprint density at radius 2 is 1.76 bits per heavy atom. The van der Waals surface area contributed by atoms with E-state index in [1.54, 1.807) is 48.0 Å². The number of rotatable bonds is 10. The standard InChI is InChI=1S/C18H23N3O4/c19-18(24)15-11-9-14(10-12-15)6-3-4-7-16(22)20-13-5-1-2-8-17(23)21-25/h3-4,6-7,9-12,25H,1-2,5,8,13H2,(H2,19,24)(H,20,22)(H,21,23). The topological polar surface area (TPSA) is 122 Å². The van der Waals surface area contributed by atoms with Gasteiger partial charge in [-0.05, 0) is 30.5 Å². The number of carbonyl (C=O) groups excluding carboxylic acids is 3. The van der Waals surface area contributed by atoms with E-state index in [0.717, 1.165) is 18.4 Å². The maximum absolute atomic E-state index is 11.6. The number of nitrogens with one attached hydrogen (secondary N) is 2. The second kappa shape index (κ2) is 11.6. The van der Waals surface area contributed by atoms with Gasteiger partial charge in [-0.25, -0.2) is 5.48 Å². The van der Waals surface area contributed by atoms with Crippen LogP contribution in [0, 0.1) is 0 Å². The summed E-state index contributed by atoms with van der Waals surface area (Å²) >= 11 is 0. The molecule has 1 aromatic rings. The third-order valence-electron chi connectivity index (χ3n) is 3.35. The zero-order chi connectivity index (χ0) is 18.5. The number of carbonyl (C=O) groups is 3. The fraction of sp³-hybridized carbons (Fsp3) is 0.278. The predicted octanol–water partition coefficient (Wildman–Crippen LogP) is 1.54. The Morgan fingerprint density at radius 3 is 2.40 bits per heavy atom. The summed E-state index contributed by atoms with van der Waals surface area (Å²) in [5.74, 6) is -1.06. The van der Waals surface area contributed by atoms with Gasteiger partial charge in [-0.3, -0.25) is 19.6 Å². The van der Waals surface area contributed by atoms with Crippen molar-refractivity contribution in [3.63, 3.8) is 0 Å². The lowest BCUT2D eigenvalue weighted by Gasteiger charge is -2.02. The first kappa shape index (κ1) is 20.1. The van der Waals surface area contributed by atoms with E-state index in [-0.39, 0.29) is 12.3 Å². The van der Waals surface area contributed by atoms with E-state index in [1.165, 1.54) is 6.08 Å². The molecule has 0 aliphatic rings. The number of allylic oxidation sites excluding steroid dienone is 2. The summed E-state index contributed by atoms with van der Waals surface area (Å²) in [5, 5.41) is 11.1. The van der Waals surface area contributed by atoms with Crippen molar-refractivity contribution in [1.29, 1.82) is 0 Å². The van der Waals surface area contributed by atoms with Gasteiger partial charge in [-0.15, -0.1) is 0 Å². The van der Waals surface area contributed by atoms with Crippen LogP contribution in [0.15, 0.2) is 42.5 Å². The average Bonchev–Trinajstić information content (AvgIpc) is 2.61. The molecule has 5 N–H and O–H groups in total. The maximum Gasteiger partial charge on any atom is 0.248 e. The molecule has 0 bridgehead atoms. The van der Waals surface area contributed by atoms with E-state index < -0.39 is 11.8 Å². The van der Waals surface area contributed by atoms with Crippen molar-refractivity contribution in [2.75, 3.05) is 6.54 Å². The van der Waals surface area contributed by atoms with Crippen LogP contribution in [-0.4, -0.2) is 29.5 Å². The molecule has 0 heterocycles. The van der Waals surface area contributed by atoms with Crippen LogP contribution in [0.25, 0.3) is 6.08 Å². The smallest absolute Gasteiger partial charge is 0.248 e. The van der Waals surface area contributed by atoms with Crippen molar-refractivity contribution in [3.8, 4) is 0 Å². The number of primary amides is 1. The van der Waals surface area contributed by atoms with Crippen molar-refractivity contribution in [3.05, 3.63) is 53.6 Å². The Bertz CT molecular complexity index is 636. The highest BCUT2D eigenvalue weighted by Gasteiger charge is 1.99. The number of amides is 3. The third-order valence-corrected chi connectivity index (χ3v) is 3.35. The molecule has 25 heavy (non-hydrogen) atoms. The van der Waals surface area contributed by atoms with Crippen molar-refractivity contribution in [1.82, 2.24) is 10.8 Å². The number of hydrogen-bond donors (Lipinski definition) is 4. The number of hydrogen-bond acceptors (Lipinski definition) is 4. The van der Waals surface area contributed by atoms with E-state index in [4.69, 9.17) is 10.9 Å². The molecule has 0 aromatic heterocycles. The summed E-state index contributed by atoms with van der Waals surface area (Å²) in [6.07, 6.45) is 9.08. The molecular formula is C18H23N3O4. The van der Waals surface area contributed by atoms with Crippen molar-refractivity contribution in [2.24, 2.45) is 5.73 Å². The van der Waals surface area contributed by atoms with Crippen LogP contribution < -0.4 is 16.5 Å². The zero-order valence-corrected chi connectivity index (χ0v) is 13.9. The molecule has 0 aliphatic carbocycles. The van der Waals surface area contributed by atoms with Gasteiger partial charge >= 0.3 is 0 Å². The van der Waals surface area contributed by atoms with Gasteiger partial charge in [-0.1, -0.05) is 36.8 Å². The van der Waals surface area contributed by atoms with Gasteiger partial charge in [0, 0.05) is 24.6 Å². The van der Waals surface area contributed by atoms with E-state index in [9.17, 15) is 14.4 Å². The average molecular weight is 345 g/mol. The van der Waals surface area contributed by atoms with Gasteiger partial charge in [0.1, 0.15) is 0 Å². The molecule has 0 unspecified atom stereocenters. The molecule has 134 valence electrons. The van der Waals surface area contributed by atoms with E-state index in [2.05, 4.69) is 5.32 Å². The summed E-state index contributed by atoms with van der Waals surface area (Å²) < 4.78 is 0. The van der Waals surface area contributed by atoms with Crippen LogP contribution in [-0.2, 0) is 9.59 Å². The molecule has 7 heteroatoms. The molecule has 1 aromatic carbocycles. The molecule has 0 saturated heterocycles. The quantitative estimate of drug-likeness (QED) is 0.169. The minimum atomic E-state index is -0.469. The van der Waals surface area contributed by atoms with E-state index in [1.807, 2.05) is 0 Å². The number of nitrogens with two attached hydrogens (primary N) is 1. The summed E-state index contributed by atoms with van der Waals surface area (Å²) in [5.41, 5.74) is 8.08. The SMILES string of the molecule is NC(=O)c1ccc(C=CC=CC(=O)NCCCCCC(=O)NO)cc1. The Balaban J connectivity index is 2.21. The van der Waals surface area contributed by atoms with Crippen LogP contribution in [0.4, 0.5) is 0 Å². The molecule has 0 aliphatic heterocycles. The summed E-state index contributed by atoms with van der Waals surface area (Å²) in [7, 11) is 0. The summed E-state index contributed by atoms with van der Waals surface area (Å²) in [4.78, 5) is 33.3. The van der Waals surface area contributed by atoms with Crippen LogP contribution in [0.1, 0.15) is 41.6 Å². The fourth-order valence-corrected chi connectivity index (χ4v) is 1.98. The molecule has 0 fully saturated rings. The Hall–Kier alpha value is -2.93. The highest BCUT2D eigenvalue weighted by Crippen LogP contribution is 2.05. The normalized spacial score (nSPS) is 10.9. The van der Waals surface area contributed by atoms with Crippen molar-refractivity contribution < 1.29 is 19.6 Å². The second-order valence-corrected chi connectivity index (χ2v) is 5.34. The summed E-state index contributed by atoms with van der Waals surface area (Å²) in [6, 6.07) is 6.81. The number of benzene rings is 1. The number of unbranched alkanes of at least 4 members (excludes halogenated alkanes) is 2. The van der Waals surface area contributed by atoms with E-state index >= 15 is 0 Å². The monoisotopic (exact) mass is 345 g/mol. The predicted molar refractivity (Wildman–Crippen MR) is 94.5 cm³/mol. The van der Waals surface area contributed by atoms with Crippen LogP contribution in [0.2, 0.25) is 0 Å². The molecule has 1 rings (SSSR count). The van der Waals surface area contributed by atoms with Crippen molar-refractivity contribution >= 4 is 23.8 Å². The molecule has 0 saturated carbocycles. The number of hydroxylamine groups is 1. The largest absolute Gasteiger partial charge is 0.366 e. The molecule has 0 radical (unpaired) electrons. The Morgan fingerprint density at radius 1 is 1.04 bits per heavy atom. The van der Waals surface area contributed by atoms with Crippen molar-refractivity contribution in [2.45, 2.75) is 25.7 Å². The van der Waals surface area contributed by atoms with Gasteiger partial charge in [-0.2, -0.15) is 0 Å². The minimum Gasteiger partial charge on any atom is -0.366 e. The Labute approximate surface area is 146 Å². The third kappa shape index (κ3) is 9.07. The van der Waals surface area contributed by atoms with E-state index in [0.29, 0.717) is 18.5 Å². The first-order valence-corrected chi connectivity index (χ1v) is 7.98. The van der Waals surface area contributed by atoms with Crippen LogP contribution in [0.3, 0.4) is 0 Å². The van der Waals surface area contributed by atoms with Gasteiger partial charge < -0.3 is 11.1 Å². The van der Waals surface area contributed by atoms with Gasteiger partial charge in [0.15, 0.2) is 0 Å². The highest BCUT2D eigenvalue weighted by molar-refractivity contribution is 5.93. The van der Waals surface area contributed by atoms with Gasteiger partial charge in [0.25, 0.3) is 0 Å². The molecule has 0 spiro atoms. The second-order valence-electron chi connectivity index (χ2n) is 5.34. The first-order valence-electron chi connectivity index (χ1n) is 7.98. The Kier molecular flexibility index (Phi) is 9.32. The molecule has 0 atom stereocenters. The molecular weight excluding hydrogens is 322 g/mol. The first-order chi connectivity index (χ1) is 12.0. The van der Waals surface area contributed by atoms with Crippen LogP contribution in [0.5, 0.6) is 0 Å². The van der Waals surface area contributed by atoms with Crippen LogP contribution >= 0.6 is 0 Å². The summed E-state index contributed by atoms with van der Waals surface area (Å²) in [6.45, 7) is 0.530. The lowest BCUT2D eigenvalue weighted by molar-refractivity contribution is -0.129. The maximum atomic E-state index is 11.6. The van der Waals surface area contributed by atoms with Gasteiger partial charge in [0.05, 0.1) is 0 Å². The minimum absolute atomic E-state index is 0.193. The molecule has 7 nitrogen and oxygen atoms in total. The fourth-order valence-electron chi connectivity index (χ4n) is 1.98. The lowest BCUT2D eigenvalue weighted by Crippen LogP contribution is -2.22.